The number of hydrogen-bond donors (Lipinski definition) is 1. The summed E-state index contributed by atoms with van der Waals surface area (Å²) in [4.78, 5) is 15.5. The molecule has 190 valence electrons. The summed E-state index contributed by atoms with van der Waals surface area (Å²) in [5.74, 6) is -0.121. The van der Waals surface area contributed by atoms with Crippen LogP contribution in [-0.4, -0.2) is 25.3 Å². The number of amides is 2. The summed E-state index contributed by atoms with van der Waals surface area (Å²) in [5, 5.41) is 7.58. The highest BCUT2D eigenvalue weighted by Gasteiger charge is 2.36. The second-order valence-electron chi connectivity index (χ2n) is 9.08. The van der Waals surface area contributed by atoms with Gasteiger partial charge in [-0.15, -0.1) is 0 Å². The van der Waals surface area contributed by atoms with Crippen LogP contribution in [0.2, 0.25) is 5.02 Å². The Morgan fingerprint density at radius 1 is 1.00 bits per heavy atom. The molecule has 2 amide bonds. The summed E-state index contributed by atoms with van der Waals surface area (Å²) in [6.07, 6.45) is 1.94. The van der Waals surface area contributed by atoms with Crippen molar-refractivity contribution < 1.29 is 13.6 Å². The number of nitrogens with zero attached hydrogens (tertiary/aromatic N) is 4. The Bertz CT molecular complexity index is 1650. The number of aromatic nitrogens is 3. The van der Waals surface area contributed by atoms with Crippen molar-refractivity contribution in [3.8, 4) is 11.5 Å². The maximum atomic E-state index is 13.9. The molecule has 0 spiro atoms. The van der Waals surface area contributed by atoms with Gasteiger partial charge in [0.2, 0.25) is 0 Å². The molecule has 1 aliphatic rings. The minimum Gasteiger partial charge on any atom is -0.308 e. The Labute approximate surface area is 222 Å². The van der Waals surface area contributed by atoms with E-state index in [1.165, 1.54) is 30.3 Å². The van der Waals surface area contributed by atoms with Crippen molar-refractivity contribution in [3.05, 3.63) is 130 Å². The minimum atomic E-state index is -0.574. The monoisotopic (exact) mass is 529 g/mol. The molecule has 9 heteroatoms. The molecule has 1 atom stereocenters. The first-order valence-corrected chi connectivity index (χ1v) is 12.4. The van der Waals surface area contributed by atoms with Gasteiger partial charge in [0.25, 0.3) is 0 Å². The minimum absolute atomic E-state index is 0.0927. The highest BCUT2D eigenvalue weighted by molar-refractivity contribution is 6.31. The third-order valence-corrected chi connectivity index (χ3v) is 6.99. The molecule has 6 nitrogen and oxygen atoms in total. The van der Waals surface area contributed by atoms with Crippen LogP contribution in [0.4, 0.5) is 19.3 Å². The van der Waals surface area contributed by atoms with Gasteiger partial charge in [0.05, 0.1) is 34.7 Å². The molecule has 3 heterocycles. The van der Waals surface area contributed by atoms with E-state index in [0.717, 1.165) is 34.0 Å². The maximum Gasteiger partial charge on any atom is 0.322 e. The lowest BCUT2D eigenvalue weighted by Gasteiger charge is -2.31. The van der Waals surface area contributed by atoms with Crippen LogP contribution in [0, 0.1) is 18.6 Å². The zero-order valence-corrected chi connectivity index (χ0v) is 21.0. The summed E-state index contributed by atoms with van der Waals surface area (Å²) in [5.41, 5.74) is 4.42. The molecule has 6 rings (SSSR count). The van der Waals surface area contributed by atoms with Crippen molar-refractivity contribution in [2.45, 2.75) is 19.5 Å². The fraction of sp³-hybridized carbons (Fsp3) is 0.103. The van der Waals surface area contributed by atoms with E-state index in [9.17, 15) is 13.6 Å². The molecule has 38 heavy (non-hydrogen) atoms. The molecular formula is C29H22ClF2N5O. The Balaban J connectivity index is 1.52. The van der Waals surface area contributed by atoms with E-state index in [1.807, 2.05) is 64.8 Å². The maximum absolute atomic E-state index is 13.9. The number of nitrogens with one attached hydrogen (secondary N) is 1. The number of benzene rings is 3. The number of rotatable bonds is 3. The van der Waals surface area contributed by atoms with Crippen molar-refractivity contribution in [2.24, 2.45) is 0 Å². The zero-order valence-electron chi connectivity index (χ0n) is 20.3. The predicted molar refractivity (Wildman–Crippen MR) is 142 cm³/mol. The quantitative estimate of drug-likeness (QED) is 0.272. The van der Waals surface area contributed by atoms with E-state index in [-0.39, 0.29) is 17.4 Å². The number of carbonyl (C=O) groups is 1. The Morgan fingerprint density at radius 3 is 2.50 bits per heavy atom. The third kappa shape index (κ3) is 4.13. The Hall–Kier alpha value is -4.43. The van der Waals surface area contributed by atoms with Crippen LogP contribution in [0.1, 0.15) is 28.6 Å². The smallest absolute Gasteiger partial charge is 0.308 e. The van der Waals surface area contributed by atoms with E-state index < -0.39 is 17.9 Å². The molecule has 0 saturated carbocycles. The zero-order chi connectivity index (χ0) is 26.4. The van der Waals surface area contributed by atoms with Crippen LogP contribution < -0.4 is 5.32 Å². The summed E-state index contributed by atoms with van der Waals surface area (Å²) in [7, 11) is 0. The van der Waals surface area contributed by atoms with Crippen LogP contribution in [0.25, 0.3) is 11.5 Å². The standard InChI is InChI=1S/C29H22ClF2N5O/c1-18-23-17-36(29(38)33-21-13-14-25(32)24(30)16-21)27(19-9-11-20(31)12-10-19)26-8-5-15-35(26)28(23)37(34-18)22-6-3-2-4-7-22/h2-16,27H,17H2,1H3,(H,33,38). The molecule has 1 N–H and O–H groups in total. The van der Waals surface area contributed by atoms with Gasteiger partial charge in [-0.1, -0.05) is 41.9 Å². The second-order valence-corrected chi connectivity index (χ2v) is 9.49. The van der Waals surface area contributed by atoms with Crippen molar-refractivity contribution in [2.75, 3.05) is 5.32 Å². The van der Waals surface area contributed by atoms with Crippen LogP contribution >= 0.6 is 11.6 Å². The molecular weight excluding hydrogens is 508 g/mol. The molecule has 0 bridgehead atoms. The highest BCUT2D eigenvalue weighted by atomic mass is 35.5. The van der Waals surface area contributed by atoms with Crippen molar-refractivity contribution >= 4 is 23.3 Å². The van der Waals surface area contributed by atoms with Crippen LogP contribution in [0.3, 0.4) is 0 Å². The average molecular weight is 530 g/mol. The second kappa shape index (κ2) is 9.46. The van der Waals surface area contributed by atoms with Gasteiger partial charge < -0.3 is 14.8 Å². The Morgan fingerprint density at radius 2 is 1.76 bits per heavy atom. The van der Waals surface area contributed by atoms with Gasteiger partial charge in [0.15, 0.2) is 0 Å². The summed E-state index contributed by atoms with van der Waals surface area (Å²) >= 11 is 5.96. The van der Waals surface area contributed by atoms with Gasteiger partial charge in [-0.2, -0.15) is 5.10 Å². The summed E-state index contributed by atoms with van der Waals surface area (Å²) < 4.78 is 31.5. The first kappa shape index (κ1) is 23.9. The normalized spacial score (nSPS) is 14.5. The number of para-hydroxylation sites is 1. The van der Waals surface area contributed by atoms with Crippen LogP contribution in [-0.2, 0) is 6.54 Å². The first-order valence-electron chi connectivity index (χ1n) is 12.0. The lowest BCUT2D eigenvalue weighted by atomic mass is 10.0. The molecule has 1 aliphatic heterocycles. The predicted octanol–water partition coefficient (Wildman–Crippen LogP) is 7.04. The number of carbonyl (C=O) groups excluding carboxylic acids is 1. The van der Waals surface area contributed by atoms with Crippen molar-refractivity contribution in [3.63, 3.8) is 0 Å². The van der Waals surface area contributed by atoms with E-state index in [4.69, 9.17) is 16.7 Å². The van der Waals surface area contributed by atoms with Gasteiger partial charge >= 0.3 is 6.03 Å². The molecule has 0 aliphatic carbocycles. The number of halogens is 3. The van der Waals surface area contributed by atoms with Crippen LogP contribution in [0.5, 0.6) is 0 Å². The van der Waals surface area contributed by atoms with Crippen molar-refractivity contribution in [1.82, 2.24) is 19.2 Å². The van der Waals surface area contributed by atoms with Gasteiger partial charge in [-0.05, 0) is 67.1 Å². The molecule has 1 unspecified atom stereocenters. The van der Waals surface area contributed by atoms with Gasteiger partial charge in [-0.25, -0.2) is 18.3 Å². The van der Waals surface area contributed by atoms with Crippen LogP contribution in [0.15, 0.2) is 91.1 Å². The fourth-order valence-corrected chi connectivity index (χ4v) is 5.09. The number of hydrogen-bond acceptors (Lipinski definition) is 2. The molecule has 0 saturated heterocycles. The van der Waals surface area contributed by atoms with Crippen molar-refractivity contribution in [1.29, 1.82) is 0 Å². The molecule has 0 fully saturated rings. The molecule has 5 aromatic rings. The fourth-order valence-electron chi connectivity index (χ4n) is 4.91. The SMILES string of the molecule is Cc1nn(-c2ccccc2)c2c1CN(C(=O)Nc1ccc(F)c(Cl)c1)C(c1ccc(F)cc1)c1cccn1-2. The largest absolute Gasteiger partial charge is 0.322 e. The third-order valence-electron chi connectivity index (χ3n) is 6.70. The molecule has 3 aromatic carbocycles. The van der Waals surface area contributed by atoms with Gasteiger partial charge in [-0.3, -0.25) is 0 Å². The number of anilines is 1. The van der Waals surface area contributed by atoms with E-state index >= 15 is 0 Å². The Kier molecular flexibility index (Phi) is 5.96. The van der Waals surface area contributed by atoms with E-state index in [2.05, 4.69) is 5.32 Å². The highest BCUT2D eigenvalue weighted by Crippen LogP contribution is 2.39. The van der Waals surface area contributed by atoms with E-state index in [1.54, 1.807) is 17.0 Å². The lowest BCUT2D eigenvalue weighted by Crippen LogP contribution is -2.38. The van der Waals surface area contributed by atoms with Gasteiger partial charge in [0.1, 0.15) is 17.5 Å². The number of aryl methyl sites for hydroxylation is 1. The number of fused-ring (bicyclic) bond motifs is 3. The van der Waals surface area contributed by atoms with Gasteiger partial charge in [0, 0.05) is 17.4 Å². The molecule has 0 radical (unpaired) electrons. The molecule has 2 aromatic heterocycles. The average Bonchev–Trinajstić information content (AvgIpc) is 3.48. The van der Waals surface area contributed by atoms with E-state index in [0.29, 0.717) is 5.69 Å². The summed E-state index contributed by atoms with van der Waals surface area (Å²) in [6, 6.07) is 22.8. The summed E-state index contributed by atoms with van der Waals surface area (Å²) in [6.45, 7) is 2.13. The first-order chi connectivity index (χ1) is 18.4. The topological polar surface area (TPSA) is 55.1 Å². The number of urea groups is 1. The lowest BCUT2D eigenvalue weighted by molar-refractivity contribution is 0.194.